The van der Waals surface area contributed by atoms with Crippen LogP contribution in [0, 0.1) is 5.82 Å². The van der Waals surface area contributed by atoms with Crippen LogP contribution in [0.3, 0.4) is 0 Å². The summed E-state index contributed by atoms with van der Waals surface area (Å²) in [5.41, 5.74) is 8.48. The van der Waals surface area contributed by atoms with Gasteiger partial charge in [-0.1, -0.05) is 30.3 Å². The number of fused-ring (bicyclic) bond motifs is 1. The second-order valence-electron chi connectivity index (χ2n) is 4.86. The number of hydrogen-bond donors (Lipinski definition) is 1. The van der Waals surface area contributed by atoms with Crippen LogP contribution in [0.2, 0.25) is 0 Å². The quantitative estimate of drug-likeness (QED) is 0.880. The first-order chi connectivity index (χ1) is 9.18. The van der Waals surface area contributed by atoms with Crippen LogP contribution in [-0.2, 0) is 6.42 Å². The van der Waals surface area contributed by atoms with Crippen molar-refractivity contribution in [2.75, 3.05) is 0 Å². The molecule has 0 spiro atoms. The van der Waals surface area contributed by atoms with Crippen molar-refractivity contribution in [1.82, 2.24) is 0 Å². The van der Waals surface area contributed by atoms with E-state index in [-0.39, 0.29) is 11.7 Å². The van der Waals surface area contributed by atoms with Gasteiger partial charge in [-0.25, -0.2) is 4.39 Å². The second kappa shape index (κ2) is 4.50. The molecule has 0 aromatic heterocycles. The highest BCUT2D eigenvalue weighted by molar-refractivity contribution is 5.94. The maximum atomic E-state index is 14.0. The number of halogens is 1. The van der Waals surface area contributed by atoms with E-state index in [9.17, 15) is 9.18 Å². The van der Waals surface area contributed by atoms with Gasteiger partial charge >= 0.3 is 0 Å². The molecule has 3 heteroatoms. The Bertz CT molecular complexity index is 651. The molecule has 0 heterocycles. The molecule has 2 aromatic carbocycles. The fourth-order valence-corrected chi connectivity index (χ4v) is 2.97. The van der Waals surface area contributed by atoms with Crippen molar-refractivity contribution in [3.63, 3.8) is 0 Å². The van der Waals surface area contributed by atoms with Crippen molar-refractivity contribution < 1.29 is 9.18 Å². The first-order valence-corrected chi connectivity index (χ1v) is 6.34. The van der Waals surface area contributed by atoms with Crippen LogP contribution in [0.25, 0.3) is 0 Å². The average molecular weight is 255 g/mol. The molecule has 1 aliphatic rings. The van der Waals surface area contributed by atoms with Crippen molar-refractivity contribution in [1.29, 1.82) is 0 Å². The van der Waals surface area contributed by atoms with E-state index in [2.05, 4.69) is 0 Å². The van der Waals surface area contributed by atoms with Crippen molar-refractivity contribution in [2.24, 2.45) is 5.73 Å². The van der Waals surface area contributed by atoms with Crippen LogP contribution in [0.5, 0.6) is 0 Å². The van der Waals surface area contributed by atoms with Gasteiger partial charge < -0.3 is 5.73 Å². The Hall–Kier alpha value is -2.16. The number of carbonyl (C=O) groups is 1. The van der Waals surface area contributed by atoms with Crippen molar-refractivity contribution in [2.45, 2.75) is 18.8 Å². The summed E-state index contributed by atoms with van der Waals surface area (Å²) < 4.78 is 14.0. The lowest BCUT2D eigenvalue weighted by Gasteiger charge is -2.15. The van der Waals surface area contributed by atoms with E-state index in [1.54, 1.807) is 18.2 Å². The monoisotopic (exact) mass is 255 g/mol. The molecule has 1 amide bonds. The smallest absolute Gasteiger partial charge is 0.248 e. The molecule has 0 bridgehead atoms. The van der Waals surface area contributed by atoms with Gasteiger partial charge in [0.05, 0.1) is 0 Å². The molecule has 0 aliphatic heterocycles. The van der Waals surface area contributed by atoms with Gasteiger partial charge in [-0.05, 0) is 41.7 Å². The van der Waals surface area contributed by atoms with Crippen LogP contribution in [-0.4, -0.2) is 5.91 Å². The molecule has 2 aromatic rings. The summed E-state index contributed by atoms with van der Waals surface area (Å²) in [4.78, 5) is 11.5. The van der Waals surface area contributed by atoms with Crippen molar-refractivity contribution >= 4 is 5.91 Å². The lowest BCUT2D eigenvalue weighted by molar-refractivity contribution is 0.0999. The molecular weight excluding hydrogens is 241 g/mol. The number of nitrogens with two attached hydrogens (primary N) is 1. The summed E-state index contributed by atoms with van der Waals surface area (Å²) in [6.45, 7) is 0. The van der Waals surface area contributed by atoms with Crippen LogP contribution >= 0.6 is 0 Å². The largest absolute Gasteiger partial charge is 0.366 e. The van der Waals surface area contributed by atoms with Crippen LogP contribution in [0.15, 0.2) is 42.5 Å². The number of carbonyl (C=O) groups excluding carboxylic acids is 1. The number of amides is 1. The Morgan fingerprint density at radius 1 is 1.16 bits per heavy atom. The highest BCUT2D eigenvalue weighted by Crippen LogP contribution is 2.40. The third kappa shape index (κ3) is 1.91. The summed E-state index contributed by atoms with van der Waals surface area (Å²) in [5, 5.41) is 0. The molecule has 1 aliphatic carbocycles. The predicted molar refractivity (Wildman–Crippen MR) is 71.5 cm³/mol. The molecule has 96 valence electrons. The molecule has 19 heavy (non-hydrogen) atoms. The van der Waals surface area contributed by atoms with Gasteiger partial charge in [-0.3, -0.25) is 4.79 Å². The van der Waals surface area contributed by atoms with Crippen LogP contribution in [0.4, 0.5) is 4.39 Å². The molecule has 2 N–H and O–H groups in total. The number of aryl methyl sites for hydroxylation is 1. The first-order valence-electron chi connectivity index (χ1n) is 6.34. The van der Waals surface area contributed by atoms with E-state index < -0.39 is 5.91 Å². The van der Waals surface area contributed by atoms with Gasteiger partial charge in [0.1, 0.15) is 5.82 Å². The maximum Gasteiger partial charge on any atom is 0.248 e. The van der Waals surface area contributed by atoms with Gasteiger partial charge in [0.25, 0.3) is 0 Å². The van der Waals surface area contributed by atoms with Crippen LogP contribution in [0.1, 0.15) is 39.4 Å². The summed E-state index contributed by atoms with van der Waals surface area (Å²) in [6, 6.07) is 12.4. The standard InChI is InChI=1S/C16H14FNO/c17-14-7-3-4-10-8-9-12(15(10)14)11-5-1-2-6-13(11)16(18)19/h1-7,12H,8-9H2,(H2,18,19)/t12-/m1/s1. The van der Waals surface area contributed by atoms with E-state index in [4.69, 9.17) is 5.73 Å². The summed E-state index contributed by atoms with van der Waals surface area (Å²) in [7, 11) is 0. The zero-order chi connectivity index (χ0) is 13.4. The number of hydrogen-bond acceptors (Lipinski definition) is 1. The Morgan fingerprint density at radius 3 is 2.74 bits per heavy atom. The van der Waals surface area contributed by atoms with Gasteiger partial charge in [-0.15, -0.1) is 0 Å². The van der Waals surface area contributed by atoms with Crippen LogP contribution < -0.4 is 5.73 Å². The Balaban J connectivity index is 2.15. The Labute approximate surface area is 111 Å². The zero-order valence-corrected chi connectivity index (χ0v) is 10.4. The number of benzene rings is 2. The highest BCUT2D eigenvalue weighted by atomic mass is 19.1. The lowest BCUT2D eigenvalue weighted by atomic mass is 9.89. The predicted octanol–water partition coefficient (Wildman–Crippen LogP) is 3.00. The van der Waals surface area contributed by atoms with E-state index in [0.29, 0.717) is 5.56 Å². The zero-order valence-electron chi connectivity index (χ0n) is 10.4. The molecule has 3 rings (SSSR count). The normalized spacial score (nSPS) is 17.2. The van der Waals surface area contributed by atoms with Crippen molar-refractivity contribution in [3.05, 3.63) is 70.5 Å². The van der Waals surface area contributed by atoms with Crippen molar-refractivity contribution in [3.8, 4) is 0 Å². The van der Waals surface area contributed by atoms with E-state index in [1.807, 2.05) is 18.2 Å². The maximum absolute atomic E-state index is 14.0. The van der Waals surface area contributed by atoms with Gasteiger partial charge in [0.15, 0.2) is 0 Å². The lowest BCUT2D eigenvalue weighted by Crippen LogP contribution is -2.15. The second-order valence-corrected chi connectivity index (χ2v) is 4.86. The molecule has 0 radical (unpaired) electrons. The summed E-state index contributed by atoms with van der Waals surface area (Å²) in [5.74, 6) is -0.723. The topological polar surface area (TPSA) is 43.1 Å². The fraction of sp³-hybridized carbons (Fsp3) is 0.188. The first kappa shape index (κ1) is 11.9. The summed E-state index contributed by atoms with van der Waals surface area (Å²) in [6.07, 6.45) is 1.66. The number of primary amides is 1. The highest BCUT2D eigenvalue weighted by Gasteiger charge is 2.29. The Morgan fingerprint density at radius 2 is 1.95 bits per heavy atom. The molecule has 0 unspecified atom stereocenters. The molecule has 0 saturated heterocycles. The molecule has 2 nitrogen and oxygen atoms in total. The Kier molecular flexibility index (Phi) is 2.82. The third-order valence-electron chi connectivity index (χ3n) is 3.80. The SMILES string of the molecule is NC(=O)c1ccccc1[C@H]1CCc2cccc(F)c21. The van der Waals surface area contributed by atoms with E-state index in [1.165, 1.54) is 6.07 Å². The third-order valence-corrected chi connectivity index (χ3v) is 3.80. The fourth-order valence-electron chi connectivity index (χ4n) is 2.97. The number of rotatable bonds is 2. The molecule has 0 fully saturated rings. The average Bonchev–Trinajstić information content (AvgIpc) is 2.84. The molecule has 0 saturated carbocycles. The minimum Gasteiger partial charge on any atom is -0.366 e. The van der Waals surface area contributed by atoms with Gasteiger partial charge in [0.2, 0.25) is 5.91 Å². The minimum atomic E-state index is -0.458. The van der Waals surface area contributed by atoms with Gasteiger partial charge in [-0.2, -0.15) is 0 Å². The molecule has 1 atom stereocenters. The molecular formula is C16H14FNO. The van der Waals surface area contributed by atoms with E-state index >= 15 is 0 Å². The van der Waals surface area contributed by atoms with Gasteiger partial charge in [0, 0.05) is 11.5 Å². The minimum absolute atomic E-state index is 0.0695. The van der Waals surface area contributed by atoms with E-state index in [0.717, 1.165) is 29.5 Å². The summed E-state index contributed by atoms with van der Waals surface area (Å²) >= 11 is 0.